The number of aromatic amines is 1. The van der Waals surface area contributed by atoms with Crippen LogP contribution in [0.2, 0.25) is 15.1 Å². The Morgan fingerprint density at radius 3 is 2.16 bits per heavy atom. The molecule has 0 radical (unpaired) electrons. The Bertz CT molecular complexity index is 1370. The Kier molecular flexibility index (Phi) is 5.27. The highest BCUT2D eigenvalue weighted by Gasteiger charge is 2.21. The van der Waals surface area contributed by atoms with Crippen LogP contribution < -0.4 is 0 Å². The number of hydrogen-bond donors (Lipinski definition) is 1. The quantitative estimate of drug-likeness (QED) is 0.284. The second kappa shape index (κ2) is 8.08. The van der Waals surface area contributed by atoms with Gasteiger partial charge in [0.2, 0.25) is 0 Å². The van der Waals surface area contributed by atoms with Crippen molar-refractivity contribution in [2.45, 2.75) is 13.0 Å². The summed E-state index contributed by atoms with van der Waals surface area (Å²) in [5.41, 5.74) is 5.98. The maximum Gasteiger partial charge on any atom is 0.0978 e. The minimum absolute atomic E-state index is 0.0517. The maximum atomic E-state index is 6.21. The third-order valence-electron chi connectivity index (χ3n) is 5.52. The highest BCUT2D eigenvalue weighted by Crippen LogP contribution is 2.36. The fraction of sp³-hybridized carbons (Fsp3) is 0.0800. The predicted molar refractivity (Wildman–Crippen MR) is 130 cm³/mol. The van der Waals surface area contributed by atoms with Crippen molar-refractivity contribution in [3.05, 3.63) is 99.8 Å². The van der Waals surface area contributed by atoms with Crippen molar-refractivity contribution in [1.29, 1.82) is 0 Å². The van der Waals surface area contributed by atoms with Crippen LogP contribution in [0.1, 0.15) is 18.5 Å². The van der Waals surface area contributed by atoms with E-state index in [1.165, 1.54) is 0 Å². The fourth-order valence-corrected chi connectivity index (χ4v) is 4.29. The van der Waals surface area contributed by atoms with Crippen LogP contribution in [0.3, 0.4) is 0 Å². The number of nitrogens with one attached hydrogen (secondary N) is 1. The lowest BCUT2D eigenvalue weighted by Gasteiger charge is -2.18. The standard InChI is InChI=1S/C25H18Cl3N3/c1-15(16-2-7-19(26)8-3-16)31-14-29-24(17-4-9-20(27)10-5-17)25(31)23-12-18-6-11-21(28)13-22(18)30-23/h2-15,30H,1H3/t15-/m0/s1. The summed E-state index contributed by atoms with van der Waals surface area (Å²) in [6.45, 7) is 2.15. The first kappa shape index (κ1) is 20.2. The van der Waals surface area contributed by atoms with Crippen molar-refractivity contribution >= 4 is 45.7 Å². The topological polar surface area (TPSA) is 33.6 Å². The summed E-state index contributed by atoms with van der Waals surface area (Å²) in [7, 11) is 0. The number of nitrogens with zero attached hydrogens (tertiary/aromatic N) is 2. The Balaban J connectivity index is 1.71. The molecule has 5 aromatic rings. The average molecular weight is 467 g/mol. The van der Waals surface area contributed by atoms with E-state index >= 15 is 0 Å². The van der Waals surface area contributed by atoms with Crippen LogP contribution in [-0.4, -0.2) is 14.5 Å². The lowest BCUT2D eigenvalue weighted by atomic mass is 10.1. The van der Waals surface area contributed by atoms with E-state index in [2.05, 4.69) is 22.5 Å². The van der Waals surface area contributed by atoms with Gasteiger partial charge in [0.25, 0.3) is 0 Å². The third kappa shape index (κ3) is 3.85. The van der Waals surface area contributed by atoms with Gasteiger partial charge in [-0.3, -0.25) is 0 Å². The second-order valence-corrected chi connectivity index (χ2v) is 8.81. The lowest BCUT2D eigenvalue weighted by Crippen LogP contribution is -2.07. The molecule has 0 aliphatic carbocycles. The number of aromatic nitrogens is 3. The van der Waals surface area contributed by atoms with E-state index in [1.807, 2.05) is 73.1 Å². The highest BCUT2D eigenvalue weighted by molar-refractivity contribution is 6.31. The van der Waals surface area contributed by atoms with Gasteiger partial charge >= 0.3 is 0 Å². The third-order valence-corrected chi connectivity index (χ3v) is 6.26. The lowest BCUT2D eigenvalue weighted by molar-refractivity contribution is 0.644. The number of benzene rings is 3. The van der Waals surface area contributed by atoms with Crippen LogP contribution in [0.25, 0.3) is 33.5 Å². The molecule has 1 N–H and O–H groups in total. The number of imidazole rings is 1. The molecule has 0 bridgehead atoms. The van der Waals surface area contributed by atoms with Crippen LogP contribution in [0.4, 0.5) is 0 Å². The molecule has 2 heterocycles. The molecule has 31 heavy (non-hydrogen) atoms. The number of H-pyrrole nitrogens is 1. The van der Waals surface area contributed by atoms with Crippen molar-refractivity contribution in [2.24, 2.45) is 0 Å². The van der Waals surface area contributed by atoms with Gasteiger partial charge < -0.3 is 9.55 Å². The summed E-state index contributed by atoms with van der Waals surface area (Å²) < 4.78 is 2.18. The summed E-state index contributed by atoms with van der Waals surface area (Å²) >= 11 is 18.4. The number of fused-ring (bicyclic) bond motifs is 1. The monoisotopic (exact) mass is 465 g/mol. The normalized spacial score (nSPS) is 12.4. The summed E-state index contributed by atoms with van der Waals surface area (Å²) in [6, 6.07) is 23.7. The zero-order chi connectivity index (χ0) is 21.5. The van der Waals surface area contributed by atoms with Gasteiger partial charge in [-0.25, -0.2) is 4.98 Å². The van der Waals surface area contributed by atoms with Crippen LogP contribution in [0, 0.1) is 0 Å². The molecule has 5 rings (SSSR count). The van der Waals surface area contributed by atoms with E-state index in [-0.39, 0.29) is 6.04 Å². The Morgan fingerprint density at radius 2 is 1.45 bits per heavy atom. The van der Waals surface area contributed by atoms with Crippen LogP contribution in [0.5, 0.6) is 0 Å². The Labute approximate surface area is 195 Å². The molecule has 0 fully saturated rings. The minimum atomic E-state index is 0.0517. The van der Waals surface area contributed by atoms with Gasteiger partial charge in [0.15, 0.2) is 0 Å². The average Bonchev–Trinajstić information content (AvgIpc) is 3.38. The van der Waals surface area contributed by atoms with Crippen LogP contribution >= 0.6 is 34.8 Å². The van der Waals surface area contributed by atoms with E-state index < -0.39 is 0 Å². The fourth-order valence-electron chi connectivity index (χ4n) is 3.87. The molecule has 0 aliphatic heterocycles. The summed E-state index contributed by atoms with van der Waals surface area (Å²) in [6.07, 6.45) is 1.89. The SMILES string of the molecule is C[C@@H](c1ccc(Cl)cc1)n1cnc(-c2ccc(Cl)cc2)c1-c1cc2ccc(Cl)cc2[nH]1. The van der Waals surface area contributed by atoms with Crippen molar-refractivity contribution < 1.29 is 0 Å². The van der Waals surface area contributed by atoms with Gasteiger partial charge in [0.1, 0.15) is 0 Å². The first-order valence-corrected chi connectivity index (χ1v) is 11.0. The largest absolute Gasteiger partial charge is 0.353 e. The zero-order valence-corrected chi connectivity index (χ0v) is 18.9. The molecule has 0 saturated heterocycles. The molecule has 6 heteroatoms. The van der Waals surface area contributed by atoms with Gasteiger partial charge in [-0.2, -0.15) is 0 Å². The minimum Gasteiger partial charge on any atom is -0.353 e. The van der Waals surface area contributed by atoms with Gasteiger partial charge in [0.05, 0.1) is 29.5 Å². The molecular formula is C25H18Cl3N3. The zero-order valence-electron chi connectivity index (χ0n) is 16.6. The predicted octanol–water partition coefficient (Wildman–Crippen LogP) is 8.27. The highest BCUT2D eigenvalue weighted by atomic mass is 35.5. The maximum absolute atomic E-state index is 6.21. The molecule has 0 aliphatic rings. The molecule has 2 aromatic heterocycles. The van der Waals surface area contributed by atoms with Crippen LogP contribution in [-0.2, 0) is 0 Å². The van der Waals surface area contributed by atoms with Gasteiger partial charge in [-0.15, -0.1) is 0 Å². The summed E-state index contributed by atoms with van der Waals surface area (Å²) in [5, 5.41) is 3.20. The second-order valence-electron chi connectivity index (χ2n) is 7.50. The molecule has 1 atom stereocenters. The van der Waals surface area contributed by atoms with E-state index in [1.54, 1.807) is 0 Å². The van der Waals surface area contributed by atoms with Gasteiger partial charge in [0, 0.05) is 31.5 Å². The summed E-state index contributed by atoms with van der Waals surface area (Å²) in [5.74, 6) is 0. The molecule has 0 saturated carbocycles. The molecular weight excluding hydrogens is 449 g/mol. The Hall–Kier alpha value is -2.72. The Morgan fingerprint density at radius 1 is 0.806 bits per heavy atom. The first-order valence-electron chi connectivity index (χ1n) is 9.86. The first-order chi connectivity index (χ1) is 15.0. The van der Waals surface area contributed by atoms with E-state index in [0.717, 1.165) is 44.1 Å². The summed E-state index contributed by atoms with van der Waals surface area (Å²) in [4.78, 5) is 8.32. The number of hydrogen-bond acceptors (Lipinski definition) is 1. The number of rotatable bonds is 4. The molecule has 0 unspecified atom stereocenters. The van der Waals surface area contributed by atoms with Gasteiger partial charge in [-0.1, -0.05) is 65.1 Å². The molecule has 3 nitrogen and oxygen atoms in total. The number of halogens is 3. The van der Waals surface area contributed by atoms with Crippen molar-refractivity contribution in [3.8, 4) is 22.6 Å². The smallest absolute Gasteiger partial charge is 0.0978 e. The van der Waals surface area contributed by atoms with E-state index in [9.17, 15) is 0 Å². The molecule has 0 amide bonds. The van der Waals surface area contributed by atoms with Crippen molar-refractivity contribution in [1.82, 2.24) is 14.5 Å². The van der Waals surface area contributed by atoms with E-state index in [4.69, 9.17) is 39.8 Å². The van der Waals surface area contributed by atoms with Gasteiger partial charge in [-0.05, 0) is 55.0 Å². The molecule has 154 valence electrons. The van der Waals surface area contributed by atoms with Crippen LogP contribution in [0.15, 0.2) is 79.1 Å². The van der Waals surface area contributed by atoms with Crippen molar-refractivity contribution in [3.63, 3.8) is 0 Å². The molecule has 3 aromatic carbocycles. The van der Waals surface area contributed by atoms with E-state index in [0.29, 0.717) is 10.0 Å². The van der Waals surface area contributed by atoms with Crippen molar-refractivity contribution in [2.75, 3.05) is 0 Å². The molecule has 0 spiro atoms.